The van der Waals surface area contributed by atoms with Gasteiger partial charge in [-0.2, -0.15) is 0 Å². The minimum atomic E-state index is -0.649. The van der Waals surface area contributed by atoms with E-state index in [0.29, 0.717) is 11.3 Å². The number of anilines is 1. The van der Waals surface area contributed by atoms with E-state index in [1.165, 1.54) is 24.3 Å². The highest BCUT2D eigenvalue weighted by Crippen LogP contribution is 2.29. The van der Waals surface area contributed by atoms with Crippen LogP contribution in [0, 0.1) is 6.92 Å². The van der Waals surface area contributed by atoms with Gasteiger partial charge in [0, 0.05) is 11.3 Å². The molecule has 0 spiro atoms. The SMILES string of the molecule is Cc1c(O)cccc1NC(=O)c1c(O)cccc1O. The Morgan fingerprint density at radius 1 is 0.947 bits per heavy atom. The third-order valence-electron chi connectivity index (χ3n) is 2.80. The summed E-state index contributed by atoms with van der Waals surface area (Å²) in [5.41, 5.74) is 0.712. The topological polar surface area (TPSA) is 89.8 Å². The van der Waals surface area contributed by atoms with E-state index in [0.717, 1.165) is 0 Å². The Kier molecular flexibility index (Phi) is 3.29. The van der Waals surface area contributed by atoms with Crippen molar-refractivity contribution in [2.75, 3.05) is 5.32 Å². The van der Waals surface area contributed by atoms with Crippen LogP contribution in [-0.2, 0) is 0 Å². The van der Waals surface area contributed by atoms with Crippen molar-refractivity contribution in [2.24, 2.45) is 0 Å². The van der Waals surface area contributed by atoms with Gasteiger partial charge in [0.15, 0.2) is 0 Å². The first-order valence-electron chi connectivity index (χ1n) is 5.61. The van der Waals surface area contributed by atoms with Crippen LogP contribution in [0.25, 0.3) is 0 Å². The number of aromatic hydroxyl groups is 3. The quantitative estimate of drug-likeness (QED) is 0.666. The Labute approximate surface area is 109 Å². The molecule has 0 fully saturated rings. The maximum atomic E-state index is 12.0. The first-order valence-corrected chi connectivity index (χ1v) is 5.61. The fraction of sp³-hybridized carbons (Fsp3) is 0.0714. The van der Waals surface area contributed by atoms with Gasteiger partial charge in [0.25, 0.3) is 5.91 Å². The number of benzene rings is 2. The fourth-order valence-corrected chi connectivity index (χ4v) is 1.70. The standard InChI is InChI=1S/C14H13NO4/c1-8-9(4-2-5-10(8)16)15-14(19)13-11(17)6-3-7-12(13)18/h2-7,16-18H,1H3,(H,15,19). The monoisotopic (exact) mass is 259 g/mol. The Morgan fingerprint density at radius 2 is 1.47 bits per heavy atom. The van der Waals surface area contributed by atoms with Gasteiger partial charge >= 0.3 is 0 Å². The number of phenols is 3. The van der Waals surface area contributed by atoms with Gasteiger partial charge in [0.05, 0.1) is 0 Å². The number of nitrogens with one attached hydrogen (secondary N) is 1. The number of amides is 1. The lowest BCUT2D eigenvalue weighted by atomic mass is 10.1. The van der Waals surface area contributed by atoms with Crippen molar-refractivity contribution in [2.45, 2.75) is 6.92 Å². The van der Waals surface area contributed by atoms with Gasteiger partial charge in [-0.05, 0) is 31.2 Å². The lowest BCUT2D eigenvalue weighted by Crippen LogP contribution is -2.13. The zero-order valence-corrected chi connectivity index (χ0v) is 10.2. The Morgan fingerprint density at radius 3 is 2.11 bits per heavy atom. The van der Waals surface area contributed by atoms with E-state index in [9.17, 15) is 20.1 Å². The van der Waals surface area contributed by atoms with Crippen LogP contribution >= 0.6 is 0 Å². The molecule has 98 valence electrons. The van der Waals surface area contributed by atoms with Crippen LogP contribution < -0.4 is 5.32 Å². The second-order valence-corrected chi connectivity index (χ2v) is 4.08. The smallest absolute Gasteiger partial charge is 0.263 e. The minimum absolute atomic E-state index is 0.0549. The first kappa shape index (κ1) is 12.8. The molecule has 2 aromatic carbocycles. The summed E-state index contributed by atoms with van der Waals surface area (Å²) in [5.74, 6) is -1.21. The predicted molar refractivity (Wildman–Crippen MR) is 70.6 cm³/mol. The number of hydrogen-bond donors (Lipinski definition) is 4. The average Bonchev–Trinajstić information content (AvgIpc) is 2.35. The second-order valence-electron chi connectivity index (χ2n) is 4.08. The van der Waals surface area contributed by atoms with Crippen molar-refractivity contribution >= 4 is 11.6 Å². The van der Waals surface area contributed by atoms with Crippen LogP contribution in [0.2, 0.25) is 0 Å². The van der Waals surface area contributed by atoms with E-state index >= 15 is 0 Å². The van der Waals surface area contributed by atoms with Crippen LogP contribution in [0.15, 0.2) is 36.4 Å². The molecule has 0 aliphatic carbocycles. The van der Waals surface area contributed by atoms with Crippen molar-refractivity contribution in [1.82, 2.24) is 0 Å². The highest BCUT2D eigenvalue weighted by molar-refractivity contribution is 6.08. The first-order chi connectivity index (χ1) is 9.00. The van der Waals surface area contributed by atoms with Crippen LogP contribution in [0.4, 0.5) is 5.69 Å². The molecule has 0 unspecified atom stereocenters. The molecule has 0 aliphatic rings. The zero-order valence-electron chi connectivity index (χ0n) is 10.2. The highest BCUT2D eigenvalue weighted by atomic mass is 16.3. The molecule has 0 aromatic heterocycles. The molecular formula is C14H13NO4. The van der Waals surface area contributed by atoms with Crippen molar-refractivity contribution in [3.8, 4) is 17.2 Å². The normalized spacial score (nSPS) is 10.2. The number of hydrogen-bond acceptors (Lipinski definition) is 4. The summed E-state index contributed by atoms with van der Waals surface area (Å²) in [6.07, 6.45) is 0. The van der Waals surface area contributed by atoms with Gasteiger partial charge in [-0.15, -0.1) is 0 Å². The zero-order chi connectivity index (χ0) is 14.0. The van der Waals surface area contributed by atoms with E-state index in [4.69, 9.17) is 0 Å². The van der Waals surface area contributed by atoms with Gasteiger partial charge in [-0.3, -0.25) is 4.79 Å². The van der Waals surface area contributed by atoms with Gasteiger partial charge < -0.3 is 20.6 Å². The highest BCUT2D eigenvalue weighted by Gasteiger charge is 2.17. The molecule has 0 atom stereocenters. The Bertz CT molecular complexity index is 617. The summed E-state index contributed by atoms with van der Waals surface area (Å²) in [7, 11) is 0. The lowest BCUT2D eigenvalue weighted by Gasteiger charge is -2.11. The molecule has 0 saturated carbocycles. The van der Waals surface area contributed by atoms with Crippen molar-refractivity contribution in [3.63, 3.8) is 0 Å². The van der Waals surface area contributed by atoms with Gasteiger partial charge in [0.2, 0.25) is 0 Å². The predicted octanol–water partition coefficient (Wildman–Crippen LogP) is 2.36. The molecule has 0 saturated heterocycles. The molecule has 5 nitrogen and oxygen atoms in total. The summed E-state index contributed by atoms with van der Waals surface area (Å²) in [5, 5.41) is 31.3. The largest absolute Gasteiger partial charge is 0.508 e. The Hall–Kier alpha value is -2.69. The van der Waals surface area contributed by atoms with Crippen molar-refractivity contribution in [3.05, 3.63) is 47.5 Å². The van der Waals surface area contributed by atoms with Gasteiger partial charge in [-0.1, -0.05) is 12.1 Å². The molecule has 5 heteroatoms. The molecule has 2 rings (SSSR count). The molecule has 0 aliphatic heterocycles. The van der Waals surface area contributed by atoms with Gasteiger partial charge in [-0.25, -0.2) is 0 Å². The van der Waals surface area contributed by atoms with E-state index < -0.39 is 5.91 Å². The molecule has 0 bridgehead atoms. The maximum Gasteiger partial charge on any atom is 0.263 e. The molecule has 0 heterocycles. The van der Waals surface area contributed by atoms with E-state index in [-0.39, 0.29) is 22.8 Å². The third kappa shape index (κ3) is 2.44. The Balaban J connectivity index is 2.34. The molecule has 2 aromatic rings. The molecule has 19 heavy (non-hydrogen) atoms. The molecule has 0 radical (unpaired) electrons. The van der Waals surface area contributed by atoms with Crippen LogP contribution in [0.1, 0.15) is 15.9 Å². The van der Waals surface area contributed by atoms with E-state index in [2.05, 4.69) is 5.32 Å². The second kappa shape index (κ2) is 4.89. The number of carbonyl (C=O) groups excluding carboxylic acids is 1. The lowest BCUT2D eigenvalue weighted by molar-refractivity contribution is 0.102. The molecule has 4 N–H and O–H groups in total. The fourth-order valence-electron chi connectivity index (χ4n) is 1.70. The number of phenolic OH excluding ortho intramolecular Hbond substituents is 3. The minimum Gasteiger partial charge on any atom is -0.508 e. The summed E-state index contributed by atoms with van der Waals surface area (Å²) in [6.45, 7) is 1.65. The molecular weight excluding hydrogens is 246 g/mol. The summed E-state index contributed by atoms with van der Waals surface area (Å²) >= 11 is 0. The van der Waals surface area contributed by atoms with Crippen LogP contribution in [0.3, 0.4) is 0 Å². The molecule has 1 amide bonds. The maximum absolute atomic E-state index is 12.0. The van der Waals surface area contributed by atoms with E-state index in [1.54, 1.807) is 19.1 Å². The summed E-state index contributed by atoms with van der Waals surface area (Å²) in [4.78, 5) is 12.0. The summed E-state index contributed by atoms with van der Waals surface area (Å²) < 4.78 is 0. The summed E-state index contributed by atoms with van der Waals surface area (Å²) in [6, 6.07) is 8.75. The van der Waals surface area contributed by atoms with Crippen LogP contribution in [0.5, 0.6) is 17.2 Å². The number of carbonyl (C=O) groups is 1. The van der Waals surface area contributed by atoms with Crippen LogP contribution in [-0.4, -0.2) is 21.2 Å². The van der Waals surface area contributed by atoms with Crippen molar-refractivity contribution < 1.29 is 20.1 Å². The average molecular weight is 259 g/mol. The third-order valence-corrected chi connectivity index (χ3v) is 2.80. The van der Waals surface area contributed by atoms with Crippen molar-refractivity contribution in [1.29, 1.82) is 0 Å². The van der Waals surface area contributed by atoms with E-state index in [1.807, 2.05) is 0 Å². The number of rotatable bonds is 2. The van der Waals surface area contributed by atoms with Gasteiger partial charge in [0.1, 0.15) is 22.8 Å².